The van der Waals surface area contributed by atoms with Crippen molar-refractivity contribution in [3.63, 3.8) is 0 Å². The third-order valence-corrected chi connectivity index (χ3v) is 4.34. The molecule has 1 aliphatic rings. The zero-order chi connectivity index (χ0) is 18.3. The van der Waals surface area contributed by atoms with Crippen molar-refractivity contribution >= 4 is 17.1 Å². The quantitative estimate of drug-likeness (QED) is 0.664. The van der Waals surface area contributed by atoms with Crippen LogP contribution in [0.15, 0.2) is 18.2 Å². The van der Waals surface area contributed by atoms with E-state index in [1.807, 2.05) is 27.7 Å². The van der Waals surface area contributed by atoms with E-state index in [2.05, 4.69) is 5.32 Å². The van der Waals surface area contributed by atoms with E-state index in [9.17, 15) is 25.4 Å². The summed E-state index contributed by atoms with van der Waals surface area (Å²) in [5, 5.41) is 38.6. The average Bonchev–Trinajstić information content (AvgIpc) is 2.44. The number of nitro benzene ring substituents is 2. The van der Waals surface area contributed by atoms with Crippen LogP contribution in [0.4, 0.5) is 17.1 Å². The Morgan fingerprint density at radius 1 is 1.08 bits per heavy atom. The van der Waals surface area contributed by atoms with Gasteiger partial charge < -0.3 is 5.32 Å². The fourth-order valence-electron chi connectivity index (χ4n) is 3.49. The summed E-state index contributed by atoms with van der Waals surface area (Å²) in [4.78, 5) is 20.7. The molecule has 0 aromatic heterocycles. The number of nitro groups is 2. The van der Waals surface area contributed by atoms with E-state index in [1.54, 1.807) is 0 Å². The summed E-state index contributed by atoms with van der Waals surface area (Å²) in [7, 11) is 0. The summed E-state index contributed by atoms with van der Waals surface area (Å²) in [5.74, 6) is 0. The van der Waals surface area contributed by atoms with Crippen molar-refractivity contribution in [2.45, 2.75) is 57.7 Å². The highest BCUT2D eigenvalue weighted by molar-refractivity contribution is 5.65. The number of hydrogen-bond acceptors (Lipinski definition) is 6. The molecular formula is C15H21N4O5. The molecule has 1 aromatic rings. The van der Waals surface area contributed by atoms with Gasteiger partial charge in [-0.05, 0) is 46.6 Å². The number of benzene rings is 1. The lowest BCUT2D eigenvalue weighted by atomic mass is 9.79. The monoisotopic (exact) mass is 337 g/mol. The van der Waals surface area contributed by atoms with E-state index in [-0.39, 0.29) is 23.1 Å². The molecular weight excluding hydrogens is 316 g/mol. The van der Waals surface area contributed by atoms with Crippen LogP contribution in [0.25, 0.3) is 0 Å². The molecule has 0 unspecified atom stereocenters. The first-order valence-corrected chi connectivity index (χ1v) is 7.61. The molecule has 9 heteroatoms. The predicted molar refractivity (Wildman–Crippen MR) is 87.1 cm³/mol. The van der Waals surface area contributed by atoms with Crippen LogP contribution in [0.1, 0.15) is 40.5 Å². The van der Waals surface area contributed by atoms with Gasteiger partial charge in [0.1, 0.15) is 5.69 Å². The topological polar surface area (TPSA) is 121 Å². The first-order valence-electron chi connectivity index (χ1n) is 7.61. The van der Waals surface area contributed by atoms with Gasteiger partial charge in [0.2, 0.25) is 0 Å². The molecule has 0 amide bonds. The second-order valence-electron chi connectivity index (χ2n) is 7.38. The van der Waals surface area contributed by atoms with Crippen molar-refractivity contribution in [1.29, 1.82) is 0 Å². The summed E-state index contributed by atoms with van der Waals surface area (Å²) in [6.45, 7) is 7.33. The third kappa shape index (κ3) is 3.46. The zero-order valence-corrected chi connectivity index (χ0v) is 14.1. The van der Waals surface area contributed by atoms with Crippen molar-refractivity contribution in [3.05, 3.63) is 38.4 Å². The lowest BCUT2D eigenvalue weighted by Crippen LogP contribution is -2.60. The number of nitrogens with zero attached hydrogens (tertiary/aromatic N) is 3. The standard InChI is InChI=1S/C15H21N4O5/c1-14(2)8-10(9-15(3,4)19(14)24)16-12-6-5-11(17(20)21)7-13(12)18(22)23/h5-7,10,16H,8-9H2,1-4H3. The predicted octanol–water partition coefficient (Wildman–Crippen LogP) is 3.28. The Labute approximate surface area is 139 Å². The molecule has 1 saturated heterocycles. The first kappa shape index (κ1) is 18.1. The highest BCUT2D eigenvalue weighted by atomic mass is 16.6. The molecule has 0 bridgehead atoms. The Hall–Kier alpha value is -2.26. The molecule has 1 radical (unpaired) electrons. The van der Waals surface area contributed by atoms with Gasteiger partial charge in [-0.1, -0.05) is 0 Å². The maximum Gasteiger partial charge on any atom is 0.299 e. The van der Waals surface area contributed by atoms with E-state index in [0.29, 0.717) is 12.8 Å². The lowest BCUT2D eigenvalue weighted by Gasteiger charge is -2.50. The van der Waals surface area contributed by atoms with Gasteiger partial charge >= 0.3 is 0 Å². The highest BCUT2D eigenvalue weighted by Crippen LogP contribution is 2.39. The summed E-state index contributed by atoms with van der Waals surface area (Å²) in [5.41, 5.74) is -1.68. The number of non-ortho nitro benzene ring substituents is 1. The van der Waals surface area contributed by atoms with Crippen LogP contribution in [0.5, 0.6) is 0 Å². The van der Waals surface area contributed by atoms with Crippen molar-refractivity contribution in [3.8, 4) is 0 Å². The highest BCUT2D eigenvalue weighted by Gasteiger charge is 2.46. The van der Waals surface area contributed by atoms with Gasteiger partial charge in [-0.25, -0.2) is 0 Å². The number of anilines is 1. The van der Waals surface area contributed by atoms with E-state index < -0.39 is 20.9 Å². The number of hydrogen-bond donors (Lipinski definition) is 1. The molecule has 1 aliphatic heterocycles. The van der Waals surface area contributed by atoms with E-state index in [1.165, 1.54) is 12.1 Å². The van der Waals surface area contributed by atoms with E-state index in [4.69, 9.17) is 0 Å². The van der Waals surface area contributed by atoms with Gasteiger partial charge in [0.15, 0.2) is 0 Å². The minimum Gasteiger partial charge on any atom is -0.377 e. The molecule has 9 nitrogen and oxygen atoms in total. The molecule has 2 rings (SSSR count). The van der Waals surface area contributed by atoms with Crippen LogP contribution in [0.3, 0.4) is 0 Å². The van der Waals surface area contributed by atoms with Crippen LogP contribution < -0.4 is 5.32 Å². The van der Waals surface area contributed by atoms with Gasteiger partial charge in [0.05, 0.1) is 15.9 Å². The molecule has 0 saturated carbocycles. The van der Waals surface area contributed by atoms with Crippen LogP contribution in [0.2, 0.25) is 0 Å². The maximum atomic E-state index is 12.4. The fourth-order valence-corrected chi connectivity index (χ4v) is 3.49. The average molecular weight is 337 g/mol. The summed E-state index contributed by atoms with van der Waals surface area (Å²) >= 11 is 0. The van der Waals surface area contributed by atoms with Crippen molar-refractivity contribution in [1.82, 2.24) is 5.06 Å². The van der Waals surface area contributed by atoms with Crippen LogP contribution in [-0.2, 0) is 5.21 Å². The first-order chi connectivity index (χ1) is 10.9. The Morgan fingerprint density at radius 2 is 1.62 bits per heavy atom. The number of hydroxylamine groups is 2. The van der Waals surface area contributed by atoms with Crippen LogP contribution in [0, 0.1) is 20.2 Å². The summed E-state index contributed by atoms with van der Waals surface area (Å²) in [6, 6.07) is 3.37. The van der Waals surface area contributed by atoms with E-state index >= 15 is 0 Å². The van der Waals surface area contributed by atoms with Crippen molar-refractivity contribution in [2.24, 2.45) is 0 Å². The van der Waals surface area contributed by atoms with Gasteiger partial charge in [0, 0.05) is 23.2 Å². The Morgan fingerprint density at radius 3 is 2.08 bits per heavy atom. The van der Waals surface area contributed by atoms with Gasteiger partial charge in [-0.2, -0.15) is 0 Å². The van der Waals surface area contributed by atoms with Gasteiger partial charge in [-0.3, -0.25) is 20.2 Å². The number of nitrogens with one attached hydrogen (secondary N) is 1. The molecule has 1 N–H and O–H groups in total. The molecule has 0 spiro atoms. The Kier molecular flexibility index (Phi) is 4.51. The molecule has 0 aliphatic carbocycles. The molecule has 1 aromatic carbocycles. The minimum absolute atomic E-state index is 0.152. The van der Waals surface area contributed by atoms with Gasteiger partial charge in [0.25, 0.3) is 11.4 Å². The van der Waals surface area contributed by atoms with E-state index in [0.717, 1.165) is 11.1 Å². The SMILES string of the molecule is CC1(C)CC(Nc2ccc([N+](=O)[O-])cc2[N+](=O)[O-])CC(C)(C)N1[O]. The normalized spacial score (nSPS) is 20.5. The van der Waals surface area contributed by atoms with Crippen LogP contribution in [-0.4, -0.2) is 32.0 Å². The smallest absolute Gasteiger partial charge is 0.299 e. The molecule has 1 fully saturated rings. The number of rotatable bonds is 4. The minimum atomic E-state index is -0.668. The maximum absolute atomic E-state index is 12.4. The molecule has 131 valence electrons. The second kappa shape index (κ2) is 5.99. The van der Waals surface area contributed by atoms with Crippen molar-refractivity contribution < 1.29 is 15.1 Å². The summed E-state index contributed by atoms with van der Waals surface area (Å²) < 4.78 is 0. The second-order valence-corrected chi connectivity index (χ2v) is 7.38. The molecule has 1 heterocycles. The van der Waals surface area contributed by atoms with Crippen LogP contribution >= 0.6 is 0 Å². The fraction of sp³-hybridized carbons (Fsp3) is 0.600. The van der Waals surface area contributed by atoms with Gasteiger partial charge in [-0.15, -0.1) is 10.3 Å². The third-order valence-electron chi connectivity index (χ3n) is 4.34. The van der Waals surface area contributed by atoms with Crippen molar-refractivity contribution in [2.75, 3.05) is 5.32 Å². The molecule has 24 heavy (non-hydrogen) atoms. The Balaban J connectivity index is 2.31. The zero-order valence-electron chi connectivity index (χ0n) is 14.1. The number of piperidine rings is 1. The Bertz CT molecular complexity index is 656. The summed E-state index contributed by atoms with van der Waals surface area (Å²) in [6.07, 6.45) is 1.02. The lowest BCUT2D eigenvalue weighted by molar-refractivity contribution is -0.393. The molecule has 0 atom stereocenters. The largest absolute Gasteiger partial charge is 0.377 e.